The summed E-state index contributed by atoms with van der Waals surface area (Å²) in [6.07, 6.45) is 0.306. The van der Waals surface area contributed by atoms with Crippen molar-refractivity contribution in [2.75, 3.05) is 20.3 Å². The first-order valence-corrected chi connectivity index (χ1v) is 3.26. The van der Waals surface area contributed by atoms with Gasteiger partial charge in [0, 0.05) is 13.7 Å². The molecule has 4 heteroatoms. The highest BCUT2D eigenvalue weighted by molar-refractivity contribution is 5.69. The molecular weight excluding hydrogens is 134 g/mol. The molecule has 1 aliphatic rings. The van der Waals surface area contributed by atoms with Crippen LogP contribution in [0.15, 0.2) is 0 Å². The lowest BCUT2D eigenvalue weighted by atomic mass is 10.2. The van der Waals surface area contributed by atoms with E-state index >= 15 is 0 Å². The van der Waals surface area contributed by atoms with Gasteiger partial charge in [0.15, 0.2) is 0 Å². The van der Waals surface area contributed by atoms with Gasteiger partial charge in [-0.1, -0.05) is 0 Å². The topological polar surface area (TPSA) is 49.8 Å². The first-order chi connectivity index (χ1) is 4.75. The lowest BCUT2D eigenvalue weighted by Crippen LogP contribution is -2.29. The third-order valence-corrected chi connectivity index (χ3v) is 1.70. The molecule has 1 N–H and O–H groups in total. The van der Waals surface area contributed by atoms with Gasteiger partial charge in [-0.2, -0.15) is 0 Å². The summed E-state index contributed by atoms with van der Waals surface area (Å²) in [5.41, 5.74) is 0. The number of hydrogen-bond acceptors (Lipinski definition) is 3. The number of hydrogen-bond donors (Lipinski definition) is 1. The number of ether oxygens (including phenoxy) is 1. The van der Waals surface area contributed by atoms with Crippen molar-refractivity contribution in [2.45, 2.75) is 12.5 Å². The Hall–Kier alpha value is -0.770. The molecule has 0 bridgehead atoms. The summed E-state index contributed by atoms with van der Waals surface area (Å²) in [6.45, 7) is 0.515. The van der Waals surface area contributed by atoms with Crippen molar-refractivity contribution in [3.63, 3.8) is 0 Å². The van der Waals surface area contributed by atoms with Gasteiger partial charge in [-0.25, -0.2) is 4.79 Å². The summed E-state index contributed by atoms with van der Waals surface area (Å²) in [5.74, 6) is 0. The van der Waals surface area contributed by atoms with E-state index in [4.69, 9.17) is 9.84 Å². The van der Waals surface area contributed by atoms with Gasteiger partial charge in [-0.15, -0.1) is 0 Å². The molecular formula is C6H11NO3. The van der Waals surface area contributed by atoms with Crippen molar-refractivity contribution in [3.8, 4) is 0 Å². The van der Waals surface area contributed by atoms with Crippen LogP contribution in [0.2, 0.25) is 0 Å². The molecule has 10 heavy (non-hydrogen) atoms. The number of likely N-dealkylation sites (N-methyl/N-ethyl adjacent to an activating group) is 1. The Labute approximate surface area is 59.4 Å². The number of cyclic esters (lactones) is 1. The molecule has 1 aliphatic heterocycles. The van der Waals surface area contributed by atoms with Crippen molar-refractivity contribution in [3.05, 3.63) is 0 Å². The Morgan fingerprint density at radius 1 is 1.90 bits per heavy atom. The van der Waals surface area contributed by atoms with Crippen molar-refractivity contribution in [2.24, 2.45) is 0 Å². The molecule has 1 amide bonds. The molecule has 1 fully saturated rings. The van der Waals surface area contributed by atoms with Crippen LogP contribution >= 0.6 is 0 Å². The molecule has 4 nitrogen and oxygen atoms in total. The highest BCUT2D eigenvalue weighted by atomic mass is 16.6. The van der Waals surface area contributed by atoms with Gasteiger partial charge < -0.3 is 14.7 Å². The lowest BCUT2D eigenvalue weighted by Gasteiger charge is -2.13. The van der Waals surface area contributed by atoms with Gasteiger partial charge in [-0.05, 0) is 6.42 Å². The maximum Gasteiger partial charge on any atom is 0.409 e. The zero-order valence-electron chi connectivity index (χ0n) is 5.91. The number of carbonyl (C=O) groups excluding carboxylic acids is 1. The minimum absolute atomic E-state index is 0.0671. The van der Waals surface area contributed by atoms with Crippen molar-refractivity contribution in [1.29, 1.82) is 0 Å². The fraction of sp³-hybridized carbons (Fsp3) is 0.833. The van der Waals surface area contributed by atoms with Gasteiger partial charge in [0.1, 0.15) is 6.61 Å². The average molecular weight is 145 g/mol. The van der Waals surface area contributed by atoms with Crippen LogP contribution in [0.4, 0.5) is 4.79 Å². The summed E-state index contributed by atoms with van der Waals surface area (Å²) < 4.78 is 4.71. The van der Waals surface area contributed by atoms with Gasteiger partial charge in [0.2, 0.25) is 0 Å². The van der Waals surface area contributed by atoms with Crippen molar-refractivity contribution >= 4 is 6.09 Å². The molecule has 0 aromatic carbocycles. The van der Waals surface area contributed by atoms with Gasteiger partial charge in [0.25, 0.3) is 0 Å². The molecule has 1 atom stereocenters. The van der Waals surface area contributed by atoms with E-state index in [1.807, 2.05) is 0 Å². The number of carbonyl (C=O) groups is 1. The molecule has 0 saturated carbocycles. The minimum Gasteiger partial charge on any atom is -0.447 e. The zero-order valence-corrected chi connectivity index (χ0v) is 5.91. The van der Waals surface area contributed by atoms with Crippen molar-refractivity contribution in [1.82, 2.24) is 4.90 Å². The third-order valence-electron chi connectivity index (χ3n) is 1.70. The highest BCUT2D eigenvalue weighted by Gasteiger charge is 2.28. The van der Waals surface area contributed by atoms with Crippen LogP contribution in [-0.4, -0.2) is 42.4 Å². The first-order valence-electron chi connectivity index (χ1n) is 3.26. The number of aliphatic hydroxyl groups is 1. The van der Waals surface area contributed by atoms with E-state index in [0.29, 0.717) is 13.0 Å². The summed E-state index contributed by atoms with van der Waals surface area (Å²) >= 11 is 0. The van der Waals surface area contributed by atoms with E-state index in [0.717, 1.165) is 0 Å². The van der Waals surface area contributed by atoms with Gasteiger partial charge in [0.05, 0.1) is 6.04 Å². The maximum absolute atomic E-state index is 10.7. The Balaban J connectivity index is 2.41. The van der Waals surface area contributed by atoms with E-state index in [9.17, 15) is 4.79 Å². The molecule has 0 spiro atoms. The number of aliphatic hydroxyl groups excluding tert-OH is 1. The Bertz CT molecular complexity index is 137. The zero-order chi connectivity index (χ0) is 7.56. The van der Waals surface area contributed by atoms with Crippen LogP contribution in [0.3, 0.4) is 0 Å². The van der Waals surface area contributed by atoms with Crippen molar-refractivity contribution < 1.29 is 14.6 Å². The normalized spacial score (nSPS) is 25.2. The lowest BCUT2D eigenvalue weighted by molar-refractivity contribution is 0.163. The number of amides is 1. The van der Waals surface area contributed by atoms with Crippen LogP contribution in [0.5, 0.6) is 0 Å². The number of nitrogens with zero attached hydrogens (tertiary/aromatic N) is 1. The molecule has 1 unspecified atom stereocenters. The summed E-state index contributed by atoms with van der Waals surface area (Å²) in [6, 6.07) is 0.0671. The van der Waals surface area contributed by atoms with E-state index in [-0.39, 0.29) is 18.7 Å². The molecule has 0 aliphatic carbocycles. The summed E-state index contributed by atoms with van der Waals surface area (Å²) in [7, 11) is 1.68. The Kier molecular flexibility index (Phi) is 2.11. The van der Waals surface area contributed by atoms with E-state index < -0.39 is 0 Å². The predicted octanol–water partition coefficient (Wildman–Crippen LogP) is -0.181. The first kappa shape index (κ1) is 7.34. The number of rotatable bonds is 2. The van der Waals surface area contributed by atoms with Gasteiger partial charge >= 0.3 is 6.09 Å². The molecule has 1 heterocycles. The highest BCUT2D eigenvalue weighted by Crippen LogP contribution is 2.11. The Morgan fingerprint density at radius 3 is 3.00 bits per heavy atom. The van der Waals surface area contributed by atoms with E-state index in [1.165, 1.54) is 4.90 Å². The average Bonchev–Trinajstić information content (AvgIpc) is 2.20. The molecule has 1 saturated heterocycles. The van der Waals surface area contributed by atoms with Crippen LogP contribution < -0.4 is 0 Å². The molecule has 58 valence electrons. The quantitative estimate of drug-likeness (QED) is 0.586. The monoisotopic (exact) mass is 145 g/mol. The smallest absolute Gasteiger partial charge is 0.409 e. The summed E-state index contributed by atoms with van der Waals surface area (Å²) in [4.78, 5) is 12.2. The van der Waals surface area contributed by atoms with Gasteiger partial charge in [-0.3, -0.25) is 0 Å². The third kappa shape index (κ3) is 1.21. The molecule has 0 radical (unpaired) electrons. The maximum atomic E-state index is 10.7. The van der Waals surface area contributed by atoms with Crippen LogP contribution in [-0.2, 0) is 4.74 Å². The second-order valence-corrected chi connectivity index (χ2v) is 2.35. The van der Waals surface area contributed by atoms with Crippen LogP contribution in [0, 0.1) is 0 Å². The SMILES string of the molecule is CN1C(=O)OCC1CCO. The molecule has 0 aromatic rings. The second kappa shape index (κ2) is 2.88. The largest absolute Gasteiger partial charge is 0.447 e. The van der Waals surface area contributed by atoms with E-state index in [2.05, 4.69) is 0 Å². The summed E-state index contributed by atoms with van der Waals surface area (Å²) in [5, 5.41) is 8.54. The fourth-order valence-electron chi connectivity index (χ4n) is 0.956. The van der Waals surface area contributed by atoms with E-state index in [1.54, 1.807) is 7.05 Å². The van der Waals surface area contributed by atoms with Crippen LogP contribution in [0.1, 0.15) is 6.42 Å². The standard InChI is InChI=1S/C6H11NO3/c1-7-5(2-3-8)4-10-6(7)9/h5,8H,2-4H2,1H3. The van der Waals surface area contributed by atoms with Crippen LogP contribution in [0.25, 0.3) is 0 Å². The molecule has 0 aromatic heterocycles. The molecule has 1 rings (SSSR count). The minimum atomic E-state index is -0.293. The fourth-order valence-corrected chi connectivity index (χ4v) is 0.956. The Morgan fingerprint density at radius 2 is 2.60 bits per heavy atom. The second-order valence-electron chi connectivity index (χ2n) is 2.35. The predicted molar refractivity (Wildman–Crippen MR) is 34.6 cm³/mol.